The summed E-state index contributed by atoms with van der Waals surface area (Å²) in [5.74, 6) is -0.300. The van der Waals surface area contributed by atoms with Gasteiger partial charge in [-0.15, -0.1) is 0 Å². The van der Waals surface area contributed by atoms with Crippen LogP contribution in [0.2, 0.25) is 5.02 Å². The molecule has 2 aromatic carbocycles. The Morgan fingerprint density at radius 1 is 1.16 bits per heavy atom. The van der Waals surface area contributed by atoms with E-state index in [1.54, 1.807) is 36.4 Å². The minimum Gasteiger partial charge on any atom is -0.618 e. The number of para-hydroxylation sites is 1. The fourth-order valence-electron chi connectivity index (χ4n) is 2.12. The number of halogens is 2. The molecule has 0 aliphatic carbocycles. The lowest BCUT2D eigenvalue weighted by Crippen LogP contribution is -2.16. The number of fused-ring (bicyclic) bond motifs is 1. The zero-order valence-electron chi connectivity index (χ0n) is 9.56. The van der Waals surface area contributed by atoms with Crippen LogP contribution in [0.4, 0.5) is 5.69 Å². The average molecular weight is 337 g/mol. The number of carbonyl (C=O) groups excluding carboxylic acids is 1. The van der Waals surface area contributed by atoms with Crippen molar-refractivity contribution in [1.29, 1.82) is 0 Å². The largest absolute Gasteiger partial charge is 0.618 e. The lowest BCUT2D eigenvalue weighted by molar-refractivity contribution is -0.355. The molecule has 19 heavy (non-hydrogen) atoms. The Hall–Kier alpha value is -1.65. The van der Waals surface area contributed by atoms with Gasteiger partial charge in [0.25, 0.3) is 11.5 Å². The molecule has 0 atom stereocenters. The van der Waals surface area contributed by atoms with E-state index in [0.29, 0.717) is 15.9 Å². The number of benzene rings is 2. The highest BCUT2D eigenvalue weighted by atomic mass is 79.9. The number of hydrogen-bond acceptors (Lipinski definition) is 2. The minimum absolute atomic E-state index is 0.101. The molecule has 2 aromatic rings. The van der Waals surface area contributed by atoms with Crippen LogP contribution in [0.25, 0.3) is 0 Å². The number of carbonyl (C=O) groups is 1. The van der Waals surface area contributed by atoms with Gasteiger partial charge in [-0.3, -0.25) is 4.79 Å². The number of rotatable bonds is 1. The van der Waals surface area contributed by atoms with Gasteiger partial charge in [0.1, 0.15) is 10.6 Å². The zero-order valence-corrected chi connectivity index (χ0v) is 11.9. The fourth-order valence-corrected chi connectivity index (χ4v) is 2.77. The Morgan fingerprint density at radius 3 is 2.58 bits per heavy atom. The lowest BCUT2D eigenvalue weighted by atomic mass is 10.0. The number of ketones is 1. The molecule has 5 heteroatoms. The van der Waals surface area contributed by atoms with Gasteiger partial charge in [0, 0.05) is 4.47 Å². The molecule has 3 nitrogen and oxygen atoms in total. The molecule has 0 fully saturated rings. The summed E-state index contributed by atoms with van der Waals surface area (Å²) in [6.07, 6.45) is 0. The monoisotopic (exact) mass is 335 g/mol. The summed E-state index contributed by atoms with van der Waals surface area (Å²) in [4.78, 5) is 12.3. The molecule has 0 aromatic heterocycles. The van der Waals surface area contributed by atoms with E-state index in [0.717, 1.165) is 4.47 Å². The summed E-state index contributed by atoms with van der Waals surface area (Å²) < 4.78 is 1.42. The van der Waals surface area contributed by atoms with Crippen LogP contribution in [0.1, 0.15) is 15.9 Å². The van der Waals surface area contributed by atoms with Crippen molar-refractivity contribution in [2.24, 2.45) is 0 Å². The molecule has 0 bridgehead atoms. The molecule has 3 rings (SSSR count). The highest BCUT2D eigenvalue weighted by Crippen LogP contribution is 2.34. The molecule has 1 aliphatic rings. The summed E-state index contributed by atoms with van der Waals surface area (Å²) in [5.41, 5.74) is 1.24. The third kappa shape index (κ3) is 1.88. The SMILES string of the molecule is O=C1C(c2cccc(Br)c2)=[N+]([O-])c2c(Cl)cccc21. The van der Waals surface area contributed by atoms with Crippen molar-refractivity contribution in [3.8, 4) is 0 Å². The van der Waals surface area contributed by atoms with E-state index in [4.69, 9.17) is 11.6 Å². The van der Waals surface area contributed by atoms with E-state index in [-0.39, 0.29) is 22.2 Å². The van der Waals surface area contributed by atoms with Crippen molar-refractivity contribution in [2.45, 2.75) is 0 Å². The van der Waals surface area contributed by atoms with Gasteiger partial charge in [-0.05, 0) is 30.3 Å². The maximum absolute atomic E-state index is 12.3. The normalized spacial score (nSPS) is 13.9. The van der Waals surface area contributed by atoms with Crippen LogP contribution in [-0.2, 0) is 0 Å². The summed E-state index contributed by atoms with van der Waals surface area (Å²) in [5, 5.41) is 12.6. The van der Waals surface area contributed by atoms with Crippen molar-refractivity contribution in [1.82, 2.24) is 0 Å². The first-order valence-corrected chi connectivity index (χ1v) is 6.70. The third-order valence-corrected chi connectivity index (χ3v) is 3.75. The van der Waals surface area contributed by atoms with Crippen molar-refractivity contribution < 1.29 is 9.53 Å². The summed E-state index contributed by atoms with van der Waals surface area (Å²) in [6, 6.07) is 11.9. The van der Waals surface area contributed by atoms with Gasteiger partial charge in [0.2, 0.25) is 5.69 Å². The van der Waals surface area contributed by atoms with Gasteiger partial charge in [-0.2, -0.15) is 4.74 Å². The Labute approximate surface area is 122 Å². The minimum atomic E-state index is -0.300. The zero-order chi connectivity index (χ0) is 13.6. The number of hydrogen-bond donors (Lipinski definition) is 0. The first-order chi connectivity index (χ1) is 9.09. The van der Waals surface area contributed by atoms with Gasteiger partial charge < -0.3 is 5.21 Å². The first kappa shape index (κ1) is 12.4. The van der Waals surface area contributed by atoms with Crippen LogP contribution in [0.3, 0.4) is 0 Å². The van der Waals surface area contributed by atoms with Gasteiger partial charge >= 0.3 is 0 Å². The quantitative estimate of drug-likeness (QED) is 0.585. The van der Waals surface area contributed by atoms with Gasteiger partial charge in [-0.25, -0.2) is 0 Å². The molecule has 0 saturated carbocycles. The van der Waals surface area contributed by atoms with E-state index in [1.165, 1.54) is 0 Å². The lowest BCUT2D eigenvalue weighted by Gasteiger charge is -2.03. The summed E-state index contributed by atoms with van der Waals surface area (Å²) in [6.45, 7) is 0. The average Bonchev–Trinajstić information content (AvgIpc) is 2.63. The van der Waals surface area contributed by atoms with Gasteiger partial charge in [0.15, 0.2) is 0 Å². The second-order valence-corrected chi connectivity index (χ2v) is 5.44. The molecule has 0 spiro atoms. The maximum Gasteiger partial charge on any atom is 0.273 e. The Morgan fingerprint density at radius 2 is 1.89 bits per heavy atom. The molecule has 0 radical (unpaired) electrons. The van der Waals surface area contributed by atoms with Crippen molar-refractivity contribution in [2.75, 3.05) is 0 Å². The van der Waals surface area contributed by atoms with E-state index in [2.05, 4.69) is 15.9 Å². The van der Waals surface area contributed by atoms with Crippen LogP contribution in [0, 0.1) is 5.21 Å². The molecule has 1 heterocycles. The summed E-state index contributed by atoms with van der Waals surface area (Å²) >= 11 is 9.32. The smallest absolute Gasteiger partial charge is 0.273 e. The van der Waals surface area contributed by atoms with Crippen LogP contribution in [-0.4, -0.2) is 16.2 Å². The van der Waals surface area contributed by atoms with E-state index in [1.807, 2.05) is 6.07 Å². The van der Waals surface area contributed by atoms with Crippen molar-refractivity contribution in [3.63, 3.8) is 0 Å². The second kappa shape index (κ2) is 4.47. The first-order valence-electron chi connectivity index (χ1n) is 5.53. The predicted molar refractivity (Wildman–Crippen MR) is 77.3 cm³/mol. The molecule has 0 saturated heterocycles. The van der Waals surface area contributed by atoms with Gasteiger partial charge in [0.05, 0.1) is 5.56 Å². The van der Waals surface area contributed by atoms with Crippen molar-refractivity contribution >= 4 is 44.7 Å². The molecule has 0 unspecified atom stereocenters. The maximum atomic E-state index is 12.3. The van der Waals surface area contributed by atoms with E-state index >= 15 is 0 Å². The standard InChI is InChI=1S/C14H7BrClNO2/c15-9-4-1-3-8(7-9)12-14(18)10-5-2-6-11(16)13(10)17(12)19/h1-7H. The highest BCUT2D eigenvalue weighted by Gasteiger charge is 2.38. The van der Waals surface area contributed by atoms with Gasteiger partial charge in [-0.1, -0.05) is 39.7 Å². The van der Waals surface area contributed by atoms with Crippen molar-refractivity contribution in [3.05, 3.63) is 68.3 Å². The molecular weight excluding hydrogens is 330 g/mol. The third-order valence-electron chi connectivity index (χ3n) is 2.95. The predicted octanol–water partition coefficient (Wildman–Crippen LogP) is 3.93. The molecular formula is C14H7BrClNO2. The van der Waals surface area contributed by atoms with E-state index in [9.17, 15) is 10.0 Å². The second-order valence-electron chi connectivity index (χ2n) is 4.12. The molecule has 0 N–H and O–H groups in total. The topological polar surface area (TPSA) is 43.1 Å². The fraction of sp³-hybridized carbons (Fsp3) is 0. The van der Waals surface area contributed by atoms with Crippen LogP contribution >= 0.6 is 27.5 Å². The number of nitrogens with zero attached hydrogens (tertiary/aromatic N) is 1. The van der Waals surface area contributed by atoms with E-state index < -0.39 is 0 Å². The number of Topliss-reactive ketones (excluding diaryl/α,β-unsaturated/α-hetero) is 1. The highest BCUT2D eigenvalue weighted by molar-refractivity contribution is 9.10. The summed E-state index contributed by atoms with van der Waals surface area (Å²) in [7, 11) is 0. The molecule has 94 valence electrons. The Balaban J connectivity index is 2.25. The molecule has 0 amide bonds. The molecule has 1 aliphatic heterocycles. The Kier molecular flexibility index (Phi) is 2.92. The van der Waals surface area contributed by atoms with Crippen LogP contribution < -0.4 is 0 Å². The van der Waals surface area contributed by atoms with Crippen LogP contribution in [0.5, 0.6) is 0 Å². The Bertz CT molecular complexity index is 740. The van der Waals surface area contributed by atoms with Crippen LogP contribution in [0.15, 0.2) is 46.9 Å².